The summed E-state index contributed by atoms with van der Waals surface area (Å²) in [5.74, 6) is -0.882. The maximum atomic E-state index is 11.7. The third kappa shape index (κ3) is 2.84. The molecule has 3 heterocycles. The summed E-state index contributed by atoms with van der Waals surface area (Å²) in [6.45, 7) is 0.251. The number of nitrogens with zero attached hydrogens (tertiary/aromatic N) is 4. The molecule has 11 heteroatoms. The van der Waals surface area contributed by atoms with Crippen molar-refractivity contribution in [3.63, 3.8) is 0 Å². The lowest BCUT2D eigenvalue weighted by atomic mass is 10.1. The van der Waals surface area contributed by atoms with Crippen molar-refractivity contribution in [2.45, 2.75) is 23.2 Å². The highest BCUT2D eigenvalue weighted by Crippen LogP contribution is 2.41. The van der Waals surface area contributed by atoms with E-state index in [1.165, 1.54) is 28.4 Å². The normalized spacial score (nSPS) is 23.7. The molecule has 2 aliphatic heterocycles. The molecule has 0 aliphatic carbocycles. The van der Waals surface area contributed by atoms with Crippen LogP contribution in [0.3, 0.4) is 0 Å². The summed E-state index contributed by atoms with van der Waals surface area (Å²) in [6, 6.07) is 0. The molecule has 1 aromatic rings. The second kappa shape index (κ2) is 6.51. The van der Waals surface area contributed by atoms with Gasteiger partial charge in [-0.15, -0.1) is 28.6 Å². The number of amides is 1. The molecule has 2 N–H and O–H groups in total. The van der Waals surface area contributed by atoms with Gasteiger partial charge >= 0.3 is 5.97 Å². The van der Waals surface area contributed by atoms with Crippen LogP contribution in [0.25, 0.3) is 0 Å². The zero-order chi connectivity index (χ0) is 16.6. The zero-order valence-corrected chi connectivity index (χ0v) is 13.7. The number of rotatable bonds is 6. The first kappa shape index (κ1) is 16.3. The minimum atomic E-state index is -1.16. The fourth-order valence-electron chi connectivity index (χ4n) is 2.37. The number of aliphatic carboxylic acids is 1. The van der Waals surface area contributed by atoms with E-state index < -0.39 is 23.4 Å². The van der Waals surface area contributed by atoms with E-state index in [-0.39, 0.29) is 12.4 Å². The van der Waals surface area contributed by atoms with Crippen LogP contribution >= 0.6 is 23.5 Å². The van der Waals surface area contributed by atoms with Crippen LogP contribution in [-0.2, 0) is 21.1 Å². The van der Waals surface area contributed by atoms with Crippen LogP contribution in [0.1, 0.15) is 0 Å². The van der Waals surface area contributed by atoms with Crippen LogP contribution in [0, 0.1) is 0 Å². The van der Waals surface area contributed by atoms with Crippen LogP contribution in [0.15, 0.2) is 22.5 Å². The van der Waals surface area contributed by atoms with Crippen LogP contribution in [0.5, 0.6) is 0 Å². The number of aliphatic hydroxyl groups excluding tert-OH is 1. The number of methoxy groups -OCH3 is 1. The number of β-lactam (4-membered cyclic amide) rings is 1. The van der Waals surface area contributed by atoms with E-state index in [1.807, 2.05) is 0 Å². The highest BCUT2D eigenvalue weighted by Gasteiger charge is 2.52. The molecule has 0 bridgehead atoms. The largest absolute Gasteiger partial charge is 0.477 e. The third-order valence-electron chi connectivity index (χ3n) is 3.45. The maximum absolute atomic E-state index is 11.7. The van der Waals surface area contributed by atoms with Crippen molar-refractivity contribution in [2.75, 3.05) is 18.6 Å². The Morgan fingerprint density at radius 2 is 2.39 bits per heavy atom. The number of ether oxygens (including phenoxy) is 1. The van der Waals surface area contributed by atoms with Gasteiger partial charge in [0.1, 0.15) is 22.8 Å². The summed E-state index contributed by atoms with van der Waals surface area (Å²) in [5.41, 5.74) is 0.608. The van der Waals surface area contributed by atoms with Crippen molar-refractivity contribution in [2.24, 2.45) is 0 Å². The van der Waals surface area contributed by atoms with Gasteiger partial charge in [0.2, 0.25) is 0 Å². The van der Waals surface area contributed by atoms with Crippen LogP contribution in [0.2, 0.25) is 0 Å². The lowest BCUT2D eigenvalue weighted by molar-refractivity contribution is -0.159. The number of hydrogen-bond donors (Lipinski definition) is 2. The number of hydrogen-bond acceptors (Lipinski definition) is 8. The van der Waals surface area contributed by atoms with Crippen molar-refractivity contribution in [3.05, 3.63) is 17.5 Å². The molecule has 124 valence electrons. The second-order valence-corrected chi connectivity index (χ2v) is 6.99. The second-order valence-electron chi connectivity index (χ2n) is 4.89. The number of carbonyl (C=O) groups is 2. The number of carboxylic acid groups (broad SMARTS) is 1. The standard InChI is InChI=1S/C12H14N4O5S2/c1-21-5-15-7(2-13-14-15)22-3-6-4-23-11-9(17)10(18)16(11)8(6)12(19)20/h2,9,11,17H,3-5H2,1H3,(H,19,20)/t9-,11+/m1/s1. The molecule has 0 unspecified atom stereocenters. The number of fused-ring (bicyclic) bond motifs is 1. The molecule has 9 nitrogen and oxygen atoms in total. The first-order valence-electron chi connectivity index (χ1n) is 6.63. The maximum Gasteiger partial charge on any atom is 0.352 e. The molecule has 2 atom stereocenters. The lowest BCUT2D eigenvalue weighted by Gasteiger charge is -2.47. The highest BCUT2D eigenvalue weighted by atomic mass is 32.2. The number of carbonyl (C=O) groups excluding carboxylic acids is 1. The van der Waals surface area contributed by atoms with E-state index >= 15 is 0 Å². The van der Waals surface area contributed by atoms with E-state index in [9.17, 15) is 19.8 Å². The fraction of sp³-hybridized carbons (Fsp3) is 0.500. The molecule has 1 amide bonds. The van der Waals surface area contributed by atoms with E-state index in [0.717, 1.165) is 5.03 Å². The molecule has 1 aromatic heterocycles. The quantitative estimate of drug-likeness (QED) is 0.517. The summed E-state index contributed by atoms with van der Waals surface area (Å²) in [6.07, 6.45) is 0.457. The summed E-state index contributed by atoms with van der Waals surface area (Å²) in [5, 5.41) is 26.9. The molecular formula is C12H14N4O5S2. The van der Waals surface area contributed by atoms with E-state index in [0.29, 0.717) is 17.1 Å². The Bertz CT molecular complexity index is 676. The first-order valence-corrected chi connectivity index (χ1v) is 8.66. The monoisotopic (exact) mass is 358 g/mol. The Morgan fingerprint density at radius 1 is 1.61 bits per heavy atom. The number of thioether (sulfide) groups is 2. The number of aromatic nitrogens is 3. The molecule has 1 fully saturated rings. The molecule has 0 spiro atoms. The third-order valence-corrected chi connectivity index (χ3v) is 5.88. The summed E-state index contributed by atoms with van der Waals surface area (Å²) in [7, 11) is 1.54. The van der Waals surface area contributed by atoms with Crippen LogP contribution in [-0.4, -0.2) is 72.1 Å². The Balaban J connectivity index is 1.78. The Morgan fingerprint density at radius 3 is 3.09 bits per heavy atom. The van der Waals surface area contributed by atoms with Gasteiger partial charge in [-0.1, -0.05) is 5.21 Å². The molecule has 0 aromatic carbocycles. The Hall–Kier alpha value is -1.56. The Labute approximate surface area is 139 Å². The van der Waals surface area contributed by atoms with Gasteiger partial charge in [-0.25, -0.2) is 9.48 Å². The van der Waals surface area contributed by atoms with Gasteiger partial charge in [-0.3, -0.25) is 9.69 Å². The average molecular weight is 358 g/mol. The molecule has 2 aliphatic rings. The van der Waals surface area contributed by atoms with Gasteiger partial charge in [0.15, 0.2) is 6.10 Å². The Kier molecular flexibility index (Phi) is 4.62. The van der Waals surface area contributed by atoms with Crippen LogP contribution in [0.4, 0.5) is 0 Å². The smallest absolute Gasteiger partial charge is 0.352 e. The SMILES string of the molecule is COCn1nncc1SCC1=C(C(=O)O)N2C(=O)[C@@H](O)[C@@H]2SC1. The molecule has 1 saturated heterocycles. The molecule has 23 heavy (non-hydrogen) atoms. The minimum absolute atomic E-state index is 0.0256. The van der Waals surface area contributed by atoms with E-state index in [4.69, 9.17) is 4.74 Å². The van der Waals surface area contributed by atoms with Crippen LogP contribution < -0.4 is 0 Å². The summed E-state index contributed by atoms with van der Waals surface area (Å²) in [4.78, 5) is 24.5. The summed E-state index contributed by atoms with van der Waals surface area (Å²) >= 11 is 2.74. The van der Waals surface area contributed by atoms with Gasteiger partial charge in [-0.2, -0.15) is 0 Å². The van der Waals surface area contributed by atoms with Crippen molar-refractivity contribution >= 4 is 35.4 Å². The van der Waals surface area contributed by atoms with E-state index in [2.05, 4.69) is 10.3 Å². The molecule has 0 saturated carbocycles. The molecular weight excluding hydrogens is 344 g/mol. The van der Waals surface area contributed by atoms with E-state index in [1.54, 1.807) is 18.0 Å². The van der Waals surface area contributed by atoms with Gasteiger partial charge in [-0.05, 0) is 5.57 Å². The predicted octanol–water partition coefficient (Wildman–Crippen LogP) is -0.411. The van der Waals surface area contributed by atoms with Crippen molar-refractivity contribution in [3.8, 4) is 0 Å². The fourth-order valence-corrected chi connectivity index (χ4v) is 4.69. The zero-order valence-electron chi connectivity index (χ0n) is 12.1. The predicted molar refractivity (Wildman–Crippen MR) is 81.5 cm³/mol. The van der Waals surface area contributed by atoms with Gasteiger partial charge < -0.3 is 14.9 Å². The molecule has 0 radical (unpaired) electrons. The number of carboxylic acids is 1. The van der Waals surface area contributed by atoms with Gasteiger partial charge in [0.25, 0.3) is 5.91 Å². The van der Waals surface area contributed by atoms with Crippen molar-refractivity contribution in [1.29, 1.82) is 0 Å². The van der Waals surface area contributed by atoms with Crippen molar-refractivity contribution < 1.29 is 24.5 Å². The highest BCUT2D eigenvalue weighted by molar-refractivity contribution is 8.01. The van der Waals surface area contributed by atoms with Gasteiger partial charge in [0.05, 0.1) is 6.20 Å². The lowest BCUT2D eigenvalue weighted by Crippen LogP contribution is -2.64. The number of aliphatic hydroxyl groups is 1. The summed E-state index contributed by atoms with van der Waals surface area (Å²) < 4.78 is 6.56. The topological polar surface area (TPSA) is 118 Å². The van der Waals surface area contributed by atoms with Gasteiger partial charge in [0, 0.05) is 18.6 Å². The average Bonchev–Trinajstić information content (AvgIpc) is 2.98. The minimum Gasteiger partial charge on any atom is -0.477 e. The molecule has 3 rings (SSSR count). The van der Waals surface area contributed by atoms with Crippen molar-refractivity contribution in [1.82, 2.24) is 19.9 Å². The first-order chi connectivity index (χ1) is 11.0.